The van der Waals surface area contributed by atoms with E-state index >= 15 is 0 Å². The summed E-state index contributed by atoms with van der Waals surface area (Å²) in [6, 6.07) is 15.9. The summed E-state index contributed by atoms with van der Waals surface area (Å²) in [6.45, 7) is 4.43. The summed E-state index contributed by atoms with van der Waals surface area (Å²) in [4.78, 5) is 14.7. The second-order valence-corrected chi connectivity index (χ2v) is 6.80. The van der Waals surface area contributed by atoms with Gasteiger partial charge >= 0.3 is 0 Å². The molecule has 1 atom stereocenters. The van der Waals surface area contributed by atoms with Gasteiger partial charge in [-0.2, -0.15) is 0 Å². The molecule has 5 nitrogen and oxygen atoms in total. The predicted molar refractivity (Wildman–Crippen MR) is 108 cm³/mol. The number of carbonyl (C=O) groups excluding carboxylic acids is 1. The van der Waals surface area contributed by atoms with E-state index in [1.54, 1.807) is 20.1 Å². The maximum Gasteiger partial charge on any atom is 0.260 e. The van der Waals surface area contributed by atoms with Gasteiger partial charge in [-0.05, 0) is 49.9 Å². The van der Waals surface area contributed by atoms with Crippen molar-refractivity contribution in [2.24, 2.45) is 0 Å². The number of hydrogen-bond donors (Lipinski definition) is 1. The van der Waals surface area contributed by atoms with E-state index in [-0.39, 0.29) is 5.91 Å². The van der Waals surface area contributed by atoms with Gasteiger partial charge in [0.2, 0.25) is 0 Å². The van der Waals surface area contributed by atoms with Crippen LogP contribution in [0.15, 0.2) is 48.5 Å². The first kappa shape index (κ1) is 19.1. The van der Waals surface area contributed by atoms with Crippen LogP contribution in [0.4, 0.5) is 5.69 Å². The molecule has 0 bridgehead atoms. The van der Waals surface area contributed by atoms with Crippen molar-refractivity contribution >= 4 is 11.6 Å². The van der Waals surface area contributed by atoms with Crippen molar-refractivity contribution < 1.29 is 14.3 Å². The van der Waals surface area contributed by atoms with E-state index in [9.17, 15) is 4.79 Å². The van der Waals surface area contributed by atoms with Gasteiger partial charge in [0.05, 0.1) is 7.11 Å². The number of aryl methyl sites for hydroxylation is 1. The number of benzene rings is 2. The molecule has 3 rings (SSSR count). The van der Waals surface area contributed by atoms with Gasteiger partial charge in [-0.15, -0.1) is 0 Å². The number of rotatable bonds is 8. The highest BCUT2D eigenvalue weighted by Crippen LogP contribution is 2.26. The Morgan fingerprint density at radius 3 is 2.85 bits per heavy atom. The molecule has 1 N–H and O–H groups in total. The highest BCUT2D eigenvalue weighted by atomic mass is 16.5. The summed E-state index contributed by atoms with van der Waals surface area (Å²) in [5.41, 5.74) is 2.76. The normalized spacial score (nSPS) is 14.2. The lowest BCUT2D eigenvalue weighted by Crippen LogP contribution is -2.38. The van der Waals surface area contributed by atoms with Crippen molar-refractivity contribution in [2.75, 3.05) is 31.6 Å². The quantitative estimate of drug-likeness (QED) is 0.726. The molecule has 27 heavy (non-hydrogen) atoms. The Balaban J connectivity index is 1.42. The maximum absolute atomic E-state index is 12.3. The van der Waals surface area contributed by atoms with Crippen molar-refractivity contribution in [2.45, 2.75) is 32.3 Å². The van der Waals surface area contributed by atoms with Crippen LogP contribution in [0.2, 0.25) is 0 Å². The van der Waals surface area contributed by atoms with Crippen LogP contribution < -0.4 is 19.7 Å². The molecule has 144 valence electrons. The van der Waals surface area contributed by atoms with Crippen LogP contribution in [-0.2, 0) is 11.2 Å². The molecule has 1 heterocycles. The molecule has 5 heteroatoms. The number of hydrogen-bond acceptors (Lipinski definition) is 4. The largest absolute Gasteiger partial charge is 0.497 e. The average molecular weight is 368 g/mol. The van der Waals surface area contributed by atoms with E-state index in [0.717, 1.165) is 25.9 Å². The molecular weight excluding hydrogens is 340 g/mol. The number of amides is 1. The van der Waals surface area contributed by atoms with Crippen molar-refractivity contribution in [1.29, 1.82) is 0 Å². The number of methoxy groups -OCH3 is 1. The Bertz CT molecular complexity index is 763. The van der Waals surface area contributed by atoms with Crippen LogP contribution in [0, 0.1) is 0 Å². The minimum atomic E-state index is -0.548. The zero-order valence-corrected chi connectivity index (χ0v) is 16.1. The summed E-state index contributed by atoms with van der Waals surface area (Å²) in [5.74, 6) is 1.24. The van der Waals surface area contributed by atoms with Gasteiger partial charge < -0.3 is 19.7 Å². The van der Waals surface area contributed by atoms with Crippen molar-refractivity contribution in [3.05, 3.63) is 54.1 Å². The molecule has 0 radical (unpaired) electrons. The van der Waals surface area contributed by atoms with Gasteiger partial charge in [-0.3, -0.25) is 4.79 Å². The molecule has 0 aliphatic carbocycles. The Kier molecular flexibility index (Phi) is 6.58. The Morgan fingerprint density at radius 2 is 2.00 bits per heavy atom. The van der Waals surface area contributed by atoms with Gasteiger partial charge in [0, 0.05) is 31.4 Å². The third kappa shape index (κ3) is 5.16. The molecule has 0 fully saturated rings. The second kappa shape index (κ2) is 9.31. The van der Waals surface area contributed by atoms with Crippen LogP contribution in [0.5, 0.6) is 11.5 Å². The van der Waals surface area contributed by atoms with E-state index in [2.05, 4.69) is 34.5 Å². The van der Waals surface area contributed by atoms with Gasteiger partial charge in [-0.25, -0.2) is 0 Å². The first-order valence-electron chi connectivity index (χ1n) is 9.58. The molecule has 0 aromatic heterocycles. The van der Waals surface area contributed by atoms with Crippen molar-refractivity contribution in [3.8, 4) is 11.5 Å². The van der Waals surface area contributed by atoms with E-state index in [0.29, 0.717) is 18.0 Å². The molecule has 1 unspecified atom stereocenters. The van der Waals surface area contributed by atoms with E-state index in [1.807, 2.05) is 18.2 Å². The van der Waals surface area contributed by atoms with Gasteiger partial charge in [0.25, 0.3) is 5.91 Å². The average Bonchev–Trinajstić information content (AvgIpc) is 2.71. The minimum Gasteiger partial charge on any atom is -0.497 e. The topological polar surface area (TPSA) is 50.8 Å². The molecule has 1 aliphatic heterocycles. The first-order valence-corrected chi connectivity index (χ1v) is 9.58. The predicted octanol–water partition coefficient (Wildman–Crippen LogP) is 3.42. The number of ether oxygens (including phenoxy) is 2. The molecule has 2 aromatic carbocycles. The number of nitrogens with zero attached hydrogens (tertiary/aromatic N) is 1. The number of para-hydroxylation sites is 1. The van der Waals surface area contributed by atoms with Crippen molar-refractivity contribution in [1.82, 2.24) is 5.32 Å². The van der Waals surface area contributed by atoms with Crippen LogP contribution in [0.3, 0.4) is 0 Å². The Hall–Kier alpha value is -2.69. The Morgan fingerprint density at radius 1 is 1.19 bits per heavy atom. The monoisotopic (exact) mass is 368 g/mol. The zero-order chi connectivity index (χ0) is 19.1. The highest BCUT2D eigenvalue weighted by Gasteiger charge is 2.17. The highest BCUT2D eigenvalue weighted by molar-refractivity contribution is 5.80. The van der Waals surface area contributed by atoms with Crippen LogP contribution in [0.1, 0.15) is 25.3 Å². The van der Waals surface area contributed by atoms with Gasteiger partial charge in [0.15, 0.2) is 6.10 Å². The van der Waals surface area contributed by atoms with Gasteiger partial charge in [-0.1, -0.05) is 24.3 Å². The first-order chi connectivity index (χ1) is 13.2. The third-order valence-electron chi connectivity index (χ3n) is 4.83. The van der Waals surface area contributed by atoms with E-state index in [4.69, 9.17) is 9.47 Å². The van der Waals surface area contributed by atoms with Gasteiger partial charge in [0.1, 0.15) is 11.5 Å². The van der Waals surface area contributed by atoms with Crippen LogP contribution in [-0.4, -0.2) is 38.8 Å². The van der Waals surface area contributed by atoms with Crippen molar-refractivity contribution in [3.63, 3.8) is 0 Å². The SMILES string of the molecule is COc1cccc(OC(C)C(=O)NCCCN2CCCc3ccccc32)c1. The molecular formula is C22H28N2O3. The fourth-order valence-electron chi connectivity index (χ4n) is 3.40. The number of carbonyl (C=O) groups is 1. The number of nitrogens with one attached hydrogen (secondary N) is 1. The summed E-state index contributed by atoms with van der Waals surface area (Å²) in [5, 5.41) is 2.97. The smallest absolute Gasteiger partial charge is 0.260 e. The van der Waals surface area contributed by atoms with E-state index in [1.165, 1.54) is 17.7 Å². The molecule has 0 spiro atoms. The lowest BCUT2D eigenvalue weighted by atomic mass is 10.0. The fourth-order valence-corrected chi connectivity index (χ4v) is 3.40. The lowest BCUT2D eigenvalue weighted by molar-refractivity contribution is -0.127. The fraction of sp³-hybridized carbons (Fsp3) is 0.409. The number of anilines is 1. The minimum absolute atomic E-state index is 0.100. The zero-order valence-electron chi connectivity index (χ0n) is 16.1. The summed E-state index contributed by atoms with van der Waals surface area (Å²) < 4.78 is 10.9. The summed E-state index contributed by atoms with van der Waals surface area (Å²) in [7, 11) is 1.61. The van der Waals surface area contributed by atoms with Crippen LogP contribution in [0.25, 0.3) is 0 Å². The molecule has 0 saturated heterocycles. The molecule has 2 aromatic rings. The molecule has 1 amide bonds. The van der Waals surface area contributed by atoms with Crippen LogP contribution >= 0.6 is 0 Å². The number of fused-ring (bicyclic) bond motifs is 1. The van der Waals surface area contributed by atoms with E-state index < -0.39 is 6.10 Å². The standard InChI is InChI=1S/C22H28N2O3/c1-17(27-20-11-5-10-19(16-20)26-2)22(25)23-13-7-15-24-14-6-9-18-8-3-4-12-21(18)24/h3-5,8,10-12,16-17H,6-7,9,13-15H2,1-2H3,(H,23,25). The summed E-state index contributed by atoms with van der Waals surface area (Å²) in [6.07, 6.45) is 2.70. The maximum atomic E-state index is 12.3. The Labute approximate surface area is 161 Å². The lowest BCUT2D eigenvalue weighted by Gasteiger charge is -2.31. The molecule has 0 saturated carbocycles. The third-order valence-corrected chi connectivity index (χ3v) is 4.83. The summed E-state index contributed by atoms with van der Waals surface area (Å²) >= 11 is 0. The molecule has 1 aliphatic rings. The second-order valence-electron chi connectivity index (χ2n) is 6.80.